The van der Waals surface area contributed by atoms with E-state index >= 15 is 0 Å². The summed E-state index contributed by atoms with van der Waals surface area (Å²) in [5, 5.41) is 3.95. The summed E-state index contributed by atoms with van der Waals surface area (Å²) >= 11 is 0. The van der Waals surface area contributed by atoms with E-state index in [0.717, 1.165) is 12.8 Å². The summed E-state index contributed by atoms with van der Waals surface area (Å²) in [5.41, 5.74) is 1.25. The molecule has 1 aliphatic carbocycles. The number of carbonyl (C=O) groups is 2. The third-order valence-electron chi connectivity index (χ3n) is 5.27. The molecule has 154 valence electrons. The molecule has 2 aliphatic rings. The minimum absolute atomic E-state index is 0.0217. The average Bonchev–Trinajstić information content (AvgIpc) is 3.35. The van der Waals surface area contributed by atoms with Crippen molar-refractivity contribution in [3.8, 4) is 11.3 Å². The zero-order chi connectivity index (χ0) is 20.6. The van der Waals surface area contributed by atoms with Crippen molar-refractivity contribution in [1.82, 2.24) is 10.1 Å². The summed E-state index contributed by atoms with van der Waals surface area (Å²) in [6, 6.07) is 8.79. The first-order valence-electron chi connectivity index (χ1n) is 9.56. The lowest BCUT2D eigenvalue weighted by atomic mass is 10.1. The van der Waals surface area contributed by atoms with Gasteiger partial charge in [0.05, 0.1) is 11.5 Å². The molecule has 4 rings (SSSR count). The van der Waals surface area contributed by atoms with Crippen LogP contribution in [0.4, 0.5) is 0 Å². The van der Waals surface area contributed by atoms with Gasteiger partial charge in [-0.1, -0.05) is 35.5 Å². The van der Waals surface area contributed by atoms with Gasteiger partial charge in [-0.3, -0.25) is 4.79 Å². The van der Waals surface area contributed by atoms with Crippen molar-refractivity contribution in [3.05, 3.63) is 41.7 Å². The minimum Gasteiger partial charge on any atom is -0.452 e. The van der Waals surface area contributed by atoms with Gasteiger partial charge < -0.3 is 14.2 Å². The van der Waals surface area contributed by atoms with Crippen molar-refractivity contribution in [1.29, 1.82) is 0 Å². The van der Waals surface area contributed by atoms with Gasteiger partial charge in [0, 0.05) is 17.6 Å². The molecule has 1 saturated carbocycles. The number of rotatable bonds is 6. The Bertz CT molecular complexity index is 1030. The lowest BCUT2D eigenvalue weighted by Crippen LogP contribution is -2.44. The highest BCUT2D eigenvalue weighted by atomic mass is 32.2. The topological polar surface area (TPSA) is 107 Å². The number of esters is 1. The van der Waals surface area contributed by atoms with Gasteiger partial charge in [0.1, 0.15) is 17.0 Å². The first-order chi connectivity index (χ1) is 13.9. The lowest BCUT2D eigenvalue weighted by molar-refractivity contribution is -0.137. The molecule has 1 amide bonds. The lowest BCUT2D eigenvalue weighted by Gasteiger charge is -2.28. The van der Waals surface area contributed by atoms with Gasteiger partial charge in [0.2, 0.25) is 0 Å². The van der Waals surface area contributed by atoms with E-state index in [2.05, 4.69) is 5.16 Å². The Morgan fingerprint density at radius 2 is 1.90 bits per heavy atom. The molecule has 0 spiro atoms. The van der Waals surface area contributed by atoms with Crippen LogP contribution in [0.25, 0.3) is 11.3 Å². The molecule has 1 saturated heterocycles. The van der Waals surface area contributed by atoms with E-state index in [1.54, 1.807) is 24.0 Å². The maximum Gasteiger partial charge on any atom is 0.344 e. The SMILES string of the molecule is Cc1onc(-c2ccccc2)c1C(=O)OCC(=O)N(C1CC1)[C@@H]1CCS(=O)(=O)C1. The van der Waals surface area contributed by atoms with E-state index in [-0.39, 0.29) is 35.1 Å². The highest BCUT2D eigenvalue weighted by Crippen LogP contribution is 2.32. The predicted octanol–water partition coefficient (Wildman–Crippen LogP) is 1.98. The molecular formula is C20H22N2O6S. The van der Waals surface area contributed by atoms with Crippen molar-refractivity contribution < 1.29 is 27.3 Å². The van der Waals surface area contributed by atoms with E-state index in [1.165, 1.54) is 0 Å². The van der Waals surface area contributed by atoms with Crippen LogP contribution in [-0.4, -0.2) is 60.5 Å². The fraction of sp³-hybridized carbons (Fsp3) is 0.450. The van der Waals surface area contributed by atoms with Crippen LogP contribution in [-0.2, 0) is 19.4 Å². The molecule has 1 aromatic heterocycles. The van der Waals surface area contributed by atoms with E-state index < -0.39 is 22.4 Å². The molecule has 8 nitrogen and oxygen atoms in total. The van der Waals surface area contributed by atoms with Crippen LogP contribution in [0.3, 0.4) is 0 Å². The minimum atomic E-state index is -3.11. The maximum atomic E-state index is 12.8. The molecule has 9 heteroatoms. The highest BCUT2D eigenvalue weighted by molar-refractivity contribution is 7.91. The van der Waals surface area contributed by atoms with E-state index in [1.807, 2.05) is 18.2 Å². The first kappa shape index (κ1) is 19.6. The Morgan fingerprint density at radius 3 is 2.52 bits per heavy atom. The Hall–Kier alpha value is -2.68. The molecule has 29 heavy (non-hydrogen) atoms. The summed E-state index contributed by atoms with van der Waals surface area (Å²) in [5.74, 6) is -0.674. The maximum absolute atomic E-state index is 12.8. The van der Waals surface area contributed by atoms with E-state index in [4.69, 9.17) is 9.26 Å². The third kappa shape index (κ3) is 4.19. The number of hydrogen-bond donors (Lipinski definition) is 0. The van der Waals surface area contributed by atoms with Gasteiger partial charge >= 0.3 is 5.97 Å². The Kier molecular flexibility index (Phi) is 5.16. The molecule has 1 aromatic carbocycles. The monoisotopic (exact) mass is 418 g/mol. The van der Waals surface area contributed by atoms with E-state index in [9.17, 15) is 18.0 Å². The second kappa shape index (κ2) is 7.62. The van der Waals surface area contributed by atoms with Crippen molar-refractivity contribution in [2.45, 2.75) is 38.3 Å². The number of ether oxygens (including phenoxy) is 1. The summed E-state index contributed by atoms with van der Waals surface area (Å²) in [4.78, 5) is 27.0. The molecule has 2 fully saturated rings. The normalized spacial score (nSPS) is 20.4. The Labute approximate surface area is 168 Å². The number of carbonyl (C=O) groups excluding carboxylic acids is 2. The highest BCUT2D eigenvalue weighted by Gasteiger charge is 2.42. The van der Waals surface area contributed by atoms with Crippen LogP contribution in [0.1, 0.15) is 35.4 Å². The molecule has 2 heterocycles. The molecule has 2 aromatic rings. The van der Waals surface area contributed by atoms with Crippen LogP contribution in [0, 0.1) is 6.92 Å². The van der Waals surface area contributed by atoms with Crippen LogP contribution in [0.2, 0.25) is 0 Å². The van der Waals surface area contributed by atoms with Crippen molar-refractivity contribution >= 4 is 21.7 Å². The van der Waals surface area contributed by atoms with Crippen LogP contribution >= 0.6 is 0 Å². The van der Waals surface area contributed by atoms with Crippen molar-refractivity contribution in [3.63, 3.8) is 0 Å². The number of benzene rings is 1. The van der Waals surface area contributed by atoms with Crippen LogP contribution < -0.4 is 0 Å². The third-order valence-corrected chi connectivity index (χ3v) is 7.02. The van der Waals surface area contributed by atoms with Gasteiger partial charge in [-0.15, -0.1) is 0 Å². The number of sulfone groups is 1. The predicted molar refractivity (Wildman–Crippen MR) is 104 cm³/mol. The fourth-order valence-corrected chi connectivity index (χ4v) is 5.44. The molecule has 0 bridgehead atoms. The molecule has 0 radical (unpaired) electrons. The number of amides is 1. The molecular weight excluding hydrogens is 396 g/mol. The van der Waals surface area contributed by atoms with Gasteiger partial charge in [0.25, 0.3) is 5.91 Å². The number of nitrogens with zero attached hydrogens (tertiary/aromatic N) is 2. The molecule has 1 atom stereocenters. The zero-order valence-electron chi connectivity index (χ0n) is 16.0. The Morgan fingerprint density at radius 1 is 1.17 bits per heavy atom. The molecule has 0 unspecified atom stereocenters. The second-order valence-corrected chi connectivity index (χ2v) is 9.72. The fourth-order valence-electron chi connectivity index (χ4n) is 3.73. The summed E-state index contributed by atoms with van der Waals surface area (Å²) in [6.45, 7) is 1.17. The molecule has 0 N–H and O–H groups in total. The standard InChI is InChI=1S/C20H22N2O6S/c1-13-18(19(21-28-13)14-5-3-2-4-6-14)20(24)27-11-17(23)22(15-7-8-15)16-9-10-29(25,26)12-16/h2-6,15-16H,7-12H2,1H3/t16-/m1/s1. The average molecular weight is 418 g/mol. The van der Waals surface area contributed by atoms with Gasteiger partial charge in [-0.25, -0.2) is 13.2 Å². The summed E-state index contributed by atoms with van der Waals surface area (Å²) < 4.78 is 34.1. The van der Waals surface area contributed by atoms with Gasteiger partial charge in [0.15, 0.2) is 16.4 Å². The smallest absolute Gasteiger partial charge is 0.344 e. The Balaban J connectivity index is 1.46. The number of aryl methyl sites for hydroxylation is 1. The van der Waals surface area contributed by atoms with Gasteiger partial charge in [-0.05, 0) is 26.2 Å². The largest absolute Gasteiger partial charge is 0.452 e. The summed E-state index contributed by atoms with van der Waals surface area (Å²) in [6.07, 6.45) is 2.12. The zero-order valence-corrected chi connectivity index (χ0v) is 16.9. The van der Waals surface area contributed by atoms with Crippen LogP contribution in [0.15, 0.2) is 34.9 Å². The van der Waals surface area contributed by atoms with E-state index in [0.29, 0.717) is 23.4 Å². The van der Waals surface area contributed by atoms with Crippen molar-refractivity contribution in [2.75, 3.05) is 18.1 Å². The van der Waals surface area contributed by atoms with Crippen LogP contribution in [0.5, 0.6) is 0 Å². The second-order valence-electron chi connectivity index (χ2n) is 7.49. The summed E-state index contributed by atoms with van der Waals surface area (Å²) in [7, 11) is -3.11. The number of aromatic nitrogens is 1. The number of hydrogen-bond acceptors (Lipinski definition) is 7. The first-order valence-corrected chi connectivity index (χ1v) is 11.4. The van der Waals surface area contributed by atoms with Gasteiger partial charge in [-0.2, -0.15) is 0 Å². The molecule has 1 aliphatic heterocycles. The quantitative estimate of drug-likeness (QED) is 0.660. The van der Waals surface area contributed by atoms with Crippen molar-refractivity contribution in [2.24, 2.45) is 0 Å².